The zero-order valence-electron chi connectivity index (χ0n) is 16.2. The zero-order chi connectivity index (χ0) is 20.4. The van der Waals surface area contributed by atoms with E-state index in [4.69, 9.17) is 4.98 Å². The number of hydrogen-bond donors (Lipinski definition) is 1. The minimum absolute atomic E-state index is 0.681. The number of fused-ring (bicyclic) bond motifs is 1. The van der Waals surface area contributed by atoms with Crippen molar-refractivity contribution < 1.29 is 9.90 Å². The summed E-state index contributed by atoms with van der Waals surface area (Å²) in [4.78, 5) is 20.5. The maximum atomic E-state index is 11.3. The number of aliphatic carboxylic acids is 1. The maximum Gasteiger partial charge on any atom is 0.328 e. The van der Waals surface area contributed by atoms with Crippen LogP contribution in [0.15, 0.2) is 61.1 Å². The van der Waals surface area contributed by atoms with Gasteiger partial charge in [0.2, 0.25) is 0 Å². The largest absolute Gasteiger partial charge is 0.478 e. The van der Waals surface area contributed by atoms with Crippen molar-refractivity contribution in [3.63, 3.8) is 0 Å². The molecule has 0 radical (unpaired) electrons. The molecule has 0 aliphatic carbocycles. The number of aryl methyl sites for hydroxylation is 2. The molecule has 29 heavy (non-hydrogen) atoms. The number of rotatable bonds is 5. The van der Waals surface area contributed by atoms with Gasteiger partial charge in [-0.25, -0.2) is 14.5 Å². The fourth-order valence-electron chi connectivity index (χ4n) is 3.47. The normalized spacial score (nSPS) is 11.4. The third-order valence-corrected chi connectivity index (χ3v) is 4.73. The van der Waals surface area contributed by atoms with Gasteiger partial charge in [0, 0.05) is 52.7 Å². The van der Waals surface area contributed by atoms with E-state index in [1.807, 2.05) is 54.9 Å². The van der Waals surface area contributed by atoms with E-state index < -0.39 is 5.97 Å². The van der Waals surface area contributed by atoms with Gasteiger partial charge < -0.3 is 5.11 Å². The summed E-state index contributed by atoms with van der Waals surface area (Å²) in [5.41, 5.74) is 5.90. The van der Waals surface area contributed by atoms with Gasteiger partial charge in [0.1, 0.15) is 0 Å². The molecule has 0 aliphatic heterocycles. The highest BCUT2D eigenvalue weighted by molar-refractivity contribution is 6.02. The lowest BCUT2D eigenvalue weighted by Gasteiger charge is -2.14. The quantitative estimate of drug-likeness (QED) is 0.509. The monoisotopic (exact) mass is 384 g/mol. The number of nitrogens with zero attached hydrogens (tertiary/aromatic N) is 4. The van der Waals surface area contributed by atoms with Crippen molar-refractivity contribution in [1.82, 2.24) is 19.7 Å². The first kappa shape index (κ1) is 18.6. The van der Waals surface area contributed by atoms with Crippen LogP contribution < -0.4 is 0 Å². The van der Waals surface area contributed by atoms with Crippen LogP contribution in [0.5, 0.6) is 0 Å². The van der Waals surface area contributed by atoms with Crippen LogP contribution in [-0.2, 0) is 11.3 Å². The van der Waals surface area contributed by atoms with E-state index in [-0.39, 0.29) is 0 Å². The lowest BCUT2D eigenvalue weighted by Crippen LogP contribution is -2.01. The number of benzene rings is 1. The number of pyridine rings is 2. The van der Waals surface area contributed by atoms with Crippen molar-refractivity contribution in [3.8, 4) is 22.4 Å². The minimum atomic E-state index is -1.01. The van der Waals surface area contributed by atoms with Gasteiger partial charge in [0.15, 0.2) is 5.65 Å². The SMILES string of the molecule is CCn1ncc2c(-c3cncc(C)c3)c(/C=C/C(=O)O)c(-c3ccccc3)nc21. The predicted molar refractivity (Wildman–Crippen MR) is 113 cm³/mol. The fourth-order valence-corrected chi connectivity index (χ4v) is 3.47. The molecule has 0 fully saturated rings. The van der Waals surface area contributed by atoms with Gasteiger partial charge in [-0.05, 0) is 31.6 Å². The molecular weight excluding hydrogens is 364 g/mol. The van der Waals surface area contributed by atoms with E-state index in [0.717, 1.165) is 44.9 Å². The van der Waals surface area contributed by atoms with Gasteiger partial charge in [0.05, 0.1) is 11.9 Å². The molecule has 4 rings (SSSR count). The van der Waals surface area contributed by atoms with Crippen LogP contribution >= 0.6 is 0 Å². The van der Waals surface area contributed by atoms with E-state index in [1.54, 1.807) is 24.7 Å². The zero-order valence-corrected chi connectivity index (χ0v) is 16.2. The Hall–Kier alpha value is -3.80. The van der Waals surface area contributed by atoms with Crippen LogP contribution in [0.2, 0.25) is 0 Å². The van der Waals surface area contributed by atoms with Crippen LogP contribution in [0.1, 0.15) is 18.1 Å². The van der Waals surface area contributed by atoms with E-state index in [1.165, 1.54) is 0 Å². The number of carboxylic acid groups (broad SMARTS) is 1. The number of carboxylic acids is 1. The Balaban J connectivity index is 2.15. The minimum Gasteiger partial charge on any atom is -0.478 e. The summed E-state index contributed by atoms with van der Waals surface area (Å²) in [5.74, 6) is -1.01. The van der Waals surface area contributed by atoms with Crippen molar-refractivity contribution in [3.05, 3.63) is 72.2 Å². The molecule has 3 heterocycles. The van der Waals surface area contributed by atoms with Crippen LogP contribution in [-0.4, -0.2) is 30.8 Å². The Labute approximate surface area is 168 Å². The third-order valence-electron chi connectivity index (χ3n) is 4.73. The first-order valence-corrected chi connectivity index (χ1v) is 9.36. The van der Waals surface area contributed by atoms with Gasteiger partial charge in [-0.1, -0.05) is 30.3 Å². The van der Waals surface area contributed by atoms with Crippen molar-refractivity contribution in [2.75, 3.05) is 0 Å². The molecule has 3 aromatic heterocycles. The molecule has 0 atom stereocenters. The van der Waals surface area contributed by atoms with Gasteiger partial charge in [-0.3, -0.25) is 4.98 Å². The maximum absolute atomic E-state index is 11.3. The predicted octanol–water partition coefficient (Wildman–Crippen LogP) is 4.59. The molecular formula is C23H20N4O2. The van der Waals surface area contributed by atoms with Crippen molar-refractivity contribution in [1.29, 1.82) is 0 Å². The summed E-state index contributed by atoms with van der Waals surface area (Å²) in [7, 11) is 0. The smallest absolute Gasteiger partial charge is 0.328 e. The van der Waals surface area contributed by atoms with Crippen molar-refractivity contribution in [2.24, 2.45) is 0 Å². The molecule has 0 bridgehead atoms. The van der Waals surface area contributed by atoms with E-state index in [0.29, 0.717) is 12.2 Å². The summed E-state index contributed by atoms with van der Waals surface area (Å²) >= 11 is 0. The van der Waals surface area contributed by atoms with Gasteiger partial charge in [-0.2, -0.15) is 5.10 Å². The second kappa shape index (κ2) is 7.67. The Bertz CT molecular complexity index is 1230. The molecule has 4 aromatic rings. The molecule has 0 saturated carbocycles. The standard InChI is InChI=1S/C23H20N4O2/c1-3-27-23-19(14-25-27)21(17-11-15(2)12-24-13-17)18(9-10-20(28)29)22(26-23)16-7-5-4-6-8-16/h4-14H,3H2,1-2H3,(H,28,29)/b10-9+. The summed E-state index contributed by atoms with van der Waals surface area (Å²) in [6.45, 7) is 4.68. The Morgan fingerprint density at radius 1 is 1.14 bits per heavy atom. The van der Waals surface area contributed by atoms with E-state index in [2.05, 4.69) is 10.1 Å². The molecule has 1 N–H and O–H groups in total. The molecule has 0 aliphatic rings. The fraction of sp³-hybridized carbons (Fsp3) is 0.130. The highest BCUT2D eigenvalue weighted by atomic mass is 16.4. The van der Waals surface area contributed by atoms with E-state index >= 15 is 0 Å². The molecule has 0 saturated heterocycles. The summed E-state index contributed by atoms with van der Waals surface area (Å²) in [6.07, 6.45) is 8.13. The Morgan fingerprint density at radius 2 is 1.93 bits per heavy atom. The van der Waals surface area contributed by atoms with Crippen LogP contribution in [0.25, 0.3) is 39.5 Å². The first-order valence-electron chi connectivity index (χ1n) is 9.36. The van der Waals surface area contributed by atoms with E-state index in [9.17, 15) is 9.90 Å². The molecule has 6 nitrogen and oxygen atoms in total. The molecule has 6 heteroatoms. The van der Waals surface area contributed by atoms with Gasteiger partial charge in [-0.15, -0.1) is 0 Å². The van der Waals surface area contributed by atoms with Crippen LogP contribution in [0.4, 0.5) is 0 Å². The molecule has 0 unspecified atom stereocenters. The molecule has 144 valence electrons. The van der Waals surface area contributed by atoms with Crippen molar-refractivity contribution in [2.45, 2.75) is 20.4 Å². The van der Waals surface area contributed by atoms with Gasteiger partial charge in [0.25, 0.3) is 0 Å². The summed E-state index contributed by atoms with van der Waals surface area (Å²) < 4.78 is 1.85. The highest BCUT2D eigenvalue weighted by Crippen LogP contribution is 2.37. The van der Waals surface area contributed by atoms with Crippen LogP contribution in [0, 0.1) is 6.92 Å². The lowest BCUT2D eigenvalue weighted by molar-refractivity contribution is -0.131. The molecule has 0 amide bonds. The second-order valence-electron chi connectivity index (χ2n) is 6.74. The van der Waals surface area contributed by atoms with Gasteiger partial charge >= 0.3 is 5.97 Å². The summed E-state index contributed by atoms with van der Waals surface area (Å²) in [6, 6.07) is 11.8. The topological polar surface area (TPSA) is 80.9 Å². The third kappa shape index (κ3) is 3.52. The Kier molecular flexibility index (Phi) is 4.91. The number of aromatic nitrogens is 4. The second-order valence-corrected chi connectivity index (χ2v) is 6.74. The Morgan fingerprint density at radius 3 is 2.62 bits per heavy atom. The average molecular weight is 384 g/mol. The van der Waals surface area contributed by atoms with Crippen LogP contribution in [0.3, 0.4) is 0 Å². The van der Waals surface area contributed by atoms with Crippen molar-refractivity contribution >= 4 is 23.1 Å². The average Bonchev–Trinajstić information content (AvgIpc) is 3.14. The molecule has 0 spiro atoms. The number of carbonyl (C=O) groups is 1. The lowest BCUT2D eigenvalue weighted by atomic mass is 9.93. The molecule has 1 aromatic carbocycles. The first-order chi connectivity index (χ1) is 14.1. The number of hydrogen-bond acceptors (Lipinski definition) is 4. The highest BCUT2D eigenvalue weighted by Gasteiger charge is 2.19. The summed E-state index contributed by atoms with van der Waals surface area (Å²) in [5, 5.41) is 14.6.